The summed E-state index contributed by atoms with van der Waals surface area (Å²) in [7, 11) is 0. The summed E-state index contributed by atoms with van der Waals surface area (Å²) in [5.41, 5.74) is 0. The molecule has 2 atom stereocenters. The molecule has 0 aliphatic carbocycles. The Morgan fingerprint density at radius 2 is 2.38 bits per heavy atom. The first-order valence-corrected chi connectivity index (χ1v) is 7.28. The number of esters is 1. The third-order valence-electron chi connectivity index (χ3n) is 2.79. The fourth-order valence-electron chi connectivity index (χ4n) is 1.80. The number of ether oxygens (including phenoxy) is 1. The summed E-state index contributed by atoms with van der Waals surface area (Å²) in [4.78, 5) is 11.4. The van der Waals surface area contributed by atoms with E-state index < -0.39 is 0 Å². The van der Waals surface area contributed by atoms with Crippen molar-refractivity contribution in [1.82, 2.24) is 5.32 Å². The number of nitrogens with one attached hydrogen (secondary N) is 1. The number of carbonyl (C=O) groups excluding carboxylic acids is 1. The fourth-order valence-corrected chi connectivity index (χ4v) is 3.07. The van der Waals surface area contributed by atoms with E-state index in [2.05, 4.69) is 17.1 Å². The summed E-state index contributed by atoms with van der Waals surface area (Å²) in [5.74, 6) is 1.17. The van der Waals surface area contributed by atoms with Crippen molar-refractivity contribution in [2.75, 3.05) is 25.4 Å². The molecule has 94 valence electrons. The molecule has 1 saturated heterocycles. The highest BCUT2D eigenvalue weighted by Gasteiger charge is 2.16. The molecule has 0 radical (unpaired) electrons. The van der Waals surface area contributed by atoms with Crippen LogP contribution in [0, 0.1) is 5.92 Å². The molecule has 0 spiro atoms. The van der Waals surface area contributed by atoms with Gasteiger partial charge in [-0.15, -0.1) is 0 Å². The molecular weight excluding hydrogens is 222 g/mol. The average molecular weight is 245 g/mol. The van der Waals surface area contributed by atoms with E-state index in [4.69, 9.17) is 4.74 Å². The third-order valence-corrected chi connectivity index (χ3v) is 4.18. The zero-order chi connectivity index (χ0) is 11.8. The molecule has 1 rings (SSSR count). The van der Waals surface area contributed by atoms with Crippen LogP contribution in [0.3, 0.4) is 0 Å². The van der Waals surface area contributed by atoms with Gasteiger partial charge in [0.2, 0.25) is 0 Å². The Balaban J connectivity index is 2.07. The first kappa shape index (κ1) is 13.8. The third kappa shape index (κ3) is 5.21. The molecule has 0 aromatic rings. The lowest BCUT2D eigenvalue weighted by molar-refractivity contribution is -0.147. The quantitative estimate of drug-likeness (QED) is 0.727. The van der Waals surface area contributed by atoms with Gasteiger partial charge in [-0.2, -0.15) is 11.8 Å². The van der Waals surface area contributed by atoms with Gasteiger partial charge in [0.1, 0.15) is 0 Å². The molecule has 0 saturated carbocycles. The van der Waals surface area contributed by atoms with Crippen molar-refractivity contribution in [3.05, 3.63) is 0 Å². The predicted octanol–water partition coefficient (Wildman–Crippen LogP) is 2.06. The fraction of sp³-hybridized carbons (Fsp3) is 0.917. The van der Waals surface area contributed by atoms with Gasteiger partial charge in [0, 0.05) is 18.3 Å². The Morgan fingerprint density at radius 1 is 1.56 bits per heavy atom. The molecule has 1 N–H and O–H groups in total. The maximum atomic E-state index is 11.4. The van der Waals surface area contributed by atoms with E-state index in [0.717, 1.165) is 18.3 Å². The van der Waals surface area contributed by atoms with Crippen molar-refractivity contribution in [2.45, 2.75) is 38.4 Å². The van der Waals surface area contributed by atoms with Crippen LogP contribution in [0.5, 0.6) is 0 Å². The van der Waals surface area contributed by atoms with Gasteiger partial charge in [-0.25, -0.2) is 0 Å². The van der Waals surface area contributed by atoms with E-state index in [1.54, 1.807) is 0 Å². The standard InChI is InChI=1S/C12H23NO2S/c1-3-15-12(14)10(2)8-13-9-11-6-4-5-7-16-11/h10-11,13H,3-9H2,1-2H3. The van der Waals surface area contributed by atoms with Gasteiger partial charge in [0.15, 0.2) is 0 Å². The van der Waals surface area contributed by atoms with Crippen LogP contribution in [-0.2, 0) is 9.53 Å². The molecule has 0 aromatic heterocycles. The summed E-state index contributed by atoms with van der Waals surface area (Å²) >= 11 is 2.05. The first-order chi connectivity index (χ1) is 7.74. The Labute approximate surface area is 103 Å². The van der Waals surface area contributed by atoms with Gasteiger partial charge in [-0.05, 0) is 25.5 Å². The van der Waals surface area contributed by atoms with Crippen LogP contribution in [-0.4, -0.2) is 36.7 Å². The summed E-state index contributed by atoms with van der Waals surface area (Å²) in [5, 5.41) is 4.11. The van der Waals surface area contributed by atoms with Crippen molar-refractivity contribution < 1.29 is 9.53 Å². The van der Waals surface area contributed by atoms with Gasteiger partial charge in [-0.3, -0.25) is 4.79 Å². The van der Waals surface area contributed by atoms with E-state index in [1.165, 1.54) is 25.0 Å². The van der Waals surface area contributed by atoms with Crippen molar-refractivity contribution in [3.8, 4) is 0 Å². The Kier molecular flexibility index (Phi) is 6.88. The van der Waals surface area contributed by atoms with E-state index in [0.29, 0.717) is 6.61 Å². The van der Waals surface area contributed by atoms with Crippen molar-refractivity contribution in [3.63, 3.8) is 0 Å². The van der Waals surface area contributed by atoms with Gasteiger partial charge < -0.3 is 10.1 Å². The minimum atomic E-state index is -0.0914. The maximum absolute atomic E-state index is 11.4. The monoisotopic (exact) mass is 245 g/mol. The second kappa shape index (κ2) is 7.96. The van der Waals surface area contributed by atoms with Crippen LogP contribution in [0.15, 0.2) is 0 Å². The van der Waals surface area contributed by atoms with Crippen LogP contribution in [0.25, 0.3) is 0 Å². The van der Waals surface area contributed by atoms with Crippen molar-refractivity contribution >= 4 is 17.7 Å². The van der Waals surface area contributed by atoms with Crippen LogP contribution >= 0.6 is 11.8 Å². The zero-order valence-electron chi connectivity index (χ0n) is 10.3. The Morgan fingerprint density at radius 3 is 3.00 bits per heavy atom. The molecule has 1 aliphatic rings. The molecule has 3 nitrogen and oxygen atoms in total. The molecule has 1 heterocycles. The van der Waals surface area contributed by atoms with Crippen molar-refractivity contribution in [1.29, 1.82) is 0 Å². The van der Waals surface area contributed by atoms with E-state index >= 15 is 0 Å². The Hall–Kier alpha value is -0.220. The molecule has 0 amide bonds. The normalized spacial score (nSPS) is 22.8. The van der Waals surface area contributed by atoms with Crippen LogP contribution in [0.4, 0.5) is 0 Å². The lowest BCUT2D eigenvalue weighted by Crippen LogP contribution is -2.33. The minimum Gasteiger partial charge on any atom is -0.466 e. The summed E-state index contributed by atoms with van der Waals surface area (Å²) in [6.45, 7) is 5.99. The highest BCUT2D eigenvalue weighted by molar-refractivity contribution is 7.99. The number of rotatable bonds is 6. The number of hydrogen-bond donors (Lipinski definition) is 1. The zero-order valence-corrected chi connectivity index (χ0v) is 11.1. The highest BCUT2D eigenvalue weighted by Crippen LogP contribution is 2.24. The van der Waals surface area contributed by atoms with Crippen LogP contribution < -0.4 is 5.32 Å². The van der Waals surface area contributed by atoms with Gasteiger partial charge in [-0.1, -0.05) is 13.3 Å². The van der Waals surface area contributed by atoms with Gasteiger partial charge in [0.05, 0.1) is 12.5 Å². The van der Waals surface area contributed by atoms with E-state index in [-0.39, 0.29) is 11.9 Å². The largest absolute Gasteiger partial charge is 0.466 e. The molecular formula is C12H23NO2S. The molecule has 16 heavy (non-hydrogen) atoms. The molecule has 4 heteroatoms. The minimum absolute atomic E-state index is 0.0338. The summed E-state index contributed by atoms with van der Waals surface area (Å²) in [6, 6.07) is 0. The summed E-state index contributed by atoms with van der Waals surface area (Å²) in [6.07, 6.45) is 4.03. The maximum Gasteiger partial charge on any atom is 0.309 e. The summed E-state index contributed by atoms with van der Waals surface area (Å²) < 4.78 is 4.96. The molecule has 1 fully saturated rings. The van der Waals surface area contributed by atoms with Gasteiger partial charge in [0.25, 0.3) is 0 Å². The molecule has 1 aliphatic heterocycles. The van der Waals surface area contributed by atoms with Crippen molar-refractivity contribution in [2.24, 2.45) is 5.92 Å². The second-order valence-electron chi connectivity index (χ2n) is 4.30. The SMILES string of the molecule is CCOC(=O)C(C)CNCC1CCCCS1. The van der Waals surface area contributed by atoms with E-state index in [1.807, 2.05) is 13.8 Å². The molecule has 2 unspecified atom stereocenters. The number of carbonyl (C=O) groups is 1. The van der Waals surface area contributed by atoms with Gasteiger partial charge >= 0.3 is 5.97 Å². The van der Waals surface area contributed by atoms with E-state index in [9.17, 15) is 4.79 Å². The van der Waals surface area contributed by atoms with Crippen LogP contribution in [0.2, 0.25) is 0 Å². The lowest BCUT2D eigenvalue weighted by atomic mass is 10.1. The number of thioether (sulfide) groups is 1. The smallest absolute Gasteiger partial charge is 0.309 e. The number of hydrogen-bond acceptors (Lipinski definition) is 4. The Bertz CT molecular complexity index is 205. The highest BCUT2D eigenvalue weighted by atomic mass is 32.2. The second-order valence-corrected chi connectivity index (χ2v) is 5.71. The molecule has 0 aromatic carbocycles. The van der Waals surface area contributed by atoms with Crippen LogP contribution in [0.1, 0.15) is 33.1 Å². The lowest BCUT2D eigenvalue weighted by Gasteiger charge is -2.22. The molecule has 0 bridgehead atoms. The topological polar surface area (TPSA) is 38.3 Å². The average Bonchev–Trinajstić information content (AvgIpc) is 2.30. The first-order valence-electron chi connectivity index (χ1n) is 6.23. The predicted molar refractivity (Wildman–Crippen MR) is 68.8 cm³/mol.